The van der Waals surface area contributed by atoms with Gasteiger partial charge in [-0.05, 0) is 35.5 Å². The normalized spacial score (nSPS) is 12.7. The van der Waals surface area contributed by atoms with E-state index in [2.05, 4.69) is 83.1 Å². The van der Waals surface area contributed by atoms with Crippen LogP contribution in [0.15, 0.2) is 0 Å². The van der Waals surface area contributed by atoms with Crippen LogP contribution in [0.2, 0.25) is 0 Å². The van der Waals surface area contributed by atoms with Crippen molar-refractivity contribution in [1.82, 2.24) is 0 Å². The number of hydrogen-bond acceptors (Lipinski definition) is 0. The number of rotatable bonds is 5. The Morgan fingerprint density at radius 3 is 1.05 bits per heavy atom. The third kappa shape index (κ3) is 28.8. The van der Waals surface area contributed by atoms with Crippen molar-refractivity contribution in [3.05, 3.63) is 0 Å². The second kappa shape index (κ2) is 14.9. The fraction of sp³-hybridized carbons (Fsp3) is 1.00. The Labute approximate surface area is 138 Å². The zero-order chi connectivity index (χ0) is 17.6. The molecule has 0 radical (unpaired) electrons. The van der Waals surface area contributed by atoms with Crippen LogP contribution in [-0.2, 0) is 0 Å². The highest BCUT2D eigenvalue weighted by molar-refractivity contribution is 4.62. The van der Waals surface area contributed by atoms with E-state index < -0.39 is 0 Å². The zero-order valence-electron chi connectivity index (χ0n) is 17.6. The first kappa shape index (κ1) is 25.9. The molecular weight excluding hydrogens is 252 g/mol. The van der Waals surface area contributed by atoms with Gasteiger partial charge in [0.1, 0.15) is 0 Å². The summed E-state index contributed by atoms with van der Waals surface area (Å²) >= 11 is 0. The Hall–Kier alpha value is 0. The molecule has 0 rings (SSSR count). The molecular formula is C21H48. The molecule has 0 spiro atoms. The average Bonchev–Trinajstić information content (AvgIpc) is 2.35. The lowest BCUT2D eigenvalue weighted by molar-refractivity contribution is 0.320. The molecule has 0 aliphatic carbocycles. The fourth-order valence-corrected chi connectivity index (χ4v) is 1.98. The van der Waals surface area contributed by atoms with Crippen LogP contribution in [0.1, 0.15) is 109 Å². The second-order valence-electron chi connectivity index (χ2n) is 8.71. The lowest BCUT2D eigenvalue weighted by atomic mass is 9.86. The maximum atomic E-state index is 2.30. The summed E-state index contributed by atoms with van der Waals surface area (Å²) in [5.74, 6) is 3.55. The van der Waals surface area contributed by atoms with Crippen molar-refractivity contribution in [2.45, 2.75) is 109 Å². The topological polar surface area (TPSA) is 0 Å². The highest BCUT2D eigenvalue weighted by Crippen LogP contribution is 2.23. The molecule has 0 fully saturated rings. The fourth-order valence-electron chi connectivity index (χ4n) is 1.98. The van der Waals surface area contributed by atoms with Gasteiger partial charge in [-0.25, -0.2) is 0 Å². The van der Waals surface area contributed by atoms with Crippen LogP contribution < -0.4 is 0 Å². The summed E-state index contributed by atoms with van der Waals surface area (Å²) in [5.41, 5.74) is 0.522. The first-order valence-corrected chi connectivity index (χ1v) is 9.41. The Kier molecular flexibility index (Phi) is 18.4. The Morgan fingerprint density at radius 2 is 1.05 bits per heavy atom. The van der Waals surface area contributed by atoms with Gasteiger partial charge in [-0.3, -0.25) is 0 Å². The third-order valence-corrected chi connectivity index (χ3v) is 4.20. The molecule has 21 heavy (non-hydrogen) atoms. The molecule has 132 valence electrons. The minimum absolute atomic E-state index is 0.522. The Morgan fingerprint density at radius 1 is 0.667 bits per heavy atom. The van der Waals surface area contributed by atoms with Crippen LogP contribution in [-0.4, -0.2) is 0 Å². The molecule has 0 aliphatic rings. The van der Waals surface area contributed by atoms with Crippen LogP contribution in [0, 0.1) is 29.1 Å². The summed E-state index contributed by atoms with van der Waals surface area (Å²) in [6.07, 6.45) is 5.30. The van der Waals surface area contributed by atoms with Gasteiger partial charge in [0.25, 0.3) is 0 Å². The first-order valence-electron chi connectivity index (χ1n) is 9.41. The van der Waals surface area contributed by atoms with Gasteiger partial charge in [0.15, 0.2) is 0 Å². The number of hydrogen-bond donors (Lipinski definition) is 0. The highest BCUT2D eigenvalue weighted by atomic mass is 14.2. The van der Waals surface area contributed by atoms with Crippen molar-refractivity contribution in [3.63, 3.8) is 0 Å². The Balaban J connectivity index is -0.000000234. The molecule has 0 aromatic carbocycles. The van der Waals surface area contributed by atoms with Crippen LogP contribution in [0.25, 0.3) is 0 Å². The largest absolute Gasteiger partial charge is 0.0651 e. The van der Waals surface area contributed by atoms with Crippen LogP contribution in [0.5, 0.6) is 0 Å². The van der Waals surface area contributed by atoms with E-state index in [-0.39, 0.29) is 0 Å². The minimum Gasteiger partial charge on any atom is -0.0651 e. The summed E-state index contributed by atoms with van der Waals surface area (Å²) in [7, 11) is 0. The maximum Gasteiger partial charge on any atom is -0.0380 e. The summed E-state index contributed by atoms with van der Waals surface area (Å²) in [6, 6.07) is 0. The highest BCUT2D eigenvalue weighted by Gasteiger charge is 2.11. The smallest absolute Gasteiger partial charge is 0.0380 e. The summed E-state index contributed by atoms with van der Waals surface area (Å²) < 4.78 is 0. The van der Waals surface area contributed by atoms with Gasteiger partial charge in [0.2, 0.25) is 0 Å². The van der Waals surface area contributed by atoms with Gasteiger partial charge in [-0.2, -0.15) is 0 Å². The van der Waals surface area contributed by atoms with Gasteiger partial charge >= 0.3 is 0 Å². The van der Waals surface area contributed by atoms with Crippen LogP contribution >= 0.6 is 0 Å². The zero-order valence-corrected chi connectivity index (χ0v) is 17.6. The van der Waals surface area contributed by atoms with Crippen LogP contribution in [0.3, 0.4) is 0 Å². The van der Waals surface area contributed by atoms with E-state index in [4.69, 9.17) is 0 Å². The van der Waals surface area contributed by atoms with Crippen molar-refractivity contribution < 1.29 is 0 Å². The summed E-state index contributed by atoms with van der Waals surface area (Å²) in [4.78, 5) is 0. The van der Waals surface area contributed by atoms with Gasteiger partial charge in [-0.15, -0.1) is 0 Å². The van der Waals surface area contributed by atoms with Gasteiger partial charge in [0, 0.05) is 0 Å². The molecule has 0 bridgehead atoms. The van der Waals surface area contributed by atoms with Crippen molar-refractivity contribution in [2.24, 2.45) is 29.1 Å². The van der Waals surface area contributed by atoms with Crippen LogP contribution in [0.4, 0.5) is 0 Å². The molecule has 1 unspecified atom stereocenters. The molecule has 0 saturated heterocycles. The standard InChI is InChI=1S/C8H18.C7H16.C6H14/c1-7(2)6-8(3,4)5;1-5-7(4)6(2)3;1-4-6(3)5-2/h7H,6H2,1-5H3;6-7H,5H2,1-4H3;6H,4-5H2,1-3H3. The van der Waals surface area contributed by atoms with E-state index in [0.29, 0.717) is 5.41 Å². The van der Waals surface area contributed by atoms with Crippen molar-refractivity contribution >= 4 is 0 Å². The van der Waals surface area contributed by atoms with E-state index in [1.54, 1.807) is 0 Å². The van der Waals surface area contributed by atoms with Crippen molar-refractivity contribution in [3.8, 4) is 0 Å². The summed E-state index contributed by atoms with van der Waals surface area (Å²) in [6.45, 7) is 27.2. The van der Waals surface area contributed by atoms with E-state index in [9.17, 15) is 0 Å². The molecule has 0 aromatic heterocycles. The average molecular weight is 301 g/mol. The first-order chi connectivity index (χ1) is 9.41. The quantitative estimate of drug-likeness (QED) is 0.480. The molecule has 0 aromatic rings. The van der Waals surface area contributed by atoms with Gasteiger partial charge in [-0.1, -0.05) is 102 Å². The van der Waals surface area contributed by atoms with E-state index in [1.165, 1.54) is 25.7 Å². The van der Waals surface area contributed by atoms with E-state index >= 15 is 0 Å². The molecule has 1 atom stereocenters. The van der Waals surface area contributed by atoms with E-state index in [1.807, 2.05) is 0 Å². The van der Waals surface area contributed by atoms with Gasteiger partial charge < -0.3 is 0 Å². The molecule has 0 amide bonds. The monoisotopic (exact) mass is 300 g/mol. The van der Waals surface area contributed by atoms with Crippen molar-refractivity contribution in [1.29, 1.82) is 0 Å². The summed E-state index contributed by atoms with van der Waals surface area (Å²) in [5, 5.41) is 0. The molecule has 0 N–H and O–H groups in total. The SMILES string of the molecule is CC(C)CC(C)(C)C.CCC(C)C(C)C.CCC(C)CC. The van der Waals surface area contributed by atoms with Gasteiger partial charge in [0.05, 0.1) is 0 Å². The molecule has 0 nitrogen and oxygen atoms in total. The third-order valence-electron chi connectivity index (χ3n) is 4.20. The van der Waals surface area contributed by atoms with E-state index in [0.717, 1.165) is 23.7 Å². The molecule has 0 heterocycles. The second-order valence-corrected chi connectivity index (χ2v) is 8.71. The predicted molar refractivity (Wildman–Crippen MR) is 103 cm³/mol. The molecule has 0 saturated carbocycles. The molecule has 0 heteroatoms. The predicted octanol–water partition coefficient (Wildman–Crippen LogP) is 8.21. The van der Waals surface area contributed by atoms with Crippen molar-refractivity contribution in [2.75, 3.05) is 0 Å². The lowest BCUT2D eigenvalue weighted by Crippen LogP contribution is -2.08. The molecule has 0 aliphatic heterocycles. The lowest BCUT2D eigenvalue weighted by Gasteiger charge is -2.19. The maximum absolute atomic E-state index is 2.30. The Bertz CT molecular complexity index is 179. The minimum atomic E-state index is 0.522.